The van der Waals surface area contributed by atoms with Gasteiger partial charge in [-0.3, -0.25) is 9.78 Å². The maximum atomic E-state index is 13.2. The monoisotopic (exact) mass is 477 g/mol. The molecule has 1 fully saturated rings. The van der Waals surface area contributed by atoms with Gasteiger partial charge < -0.3 is 24.4 Å². The van der Waals surface area contributed by atoms with Gasteiger partial charge in [0.15, 0.2) is 0 Å². The number of carbonyl (C=O) groups excluding carboxylic acids is 2. The predicted octanol–water partition coefficient (Wildman–Crippen LogP) is 4.91. The lowest BCUT2D eigenvalue weighted by Gasteiger charge is -2.37. The summed E-state index contributed by atoms with van der Waals surface area (Å²) in [5, 5.41) is 4.22. The van der Waals surface area contributed by atoms with Crippen LogP contribution in [-0.4, -0.2) is 58.2 Å². The largest absolute Gasteiger partial charge is 0.444 e. The van der Waals surface area contributed by atoms with E-state index in [9.17, 15) is 9.59 Å². The molecule has 1 unspecified atom stereocenters. The Morgan fingerprint density at radius 1 is 1.06 bits per heavy atom. The van der Waals surface area contributed by atoms with Gasteiger partial charge in [0.1, 0.15) is 11.6 Å². The lowest BCUT2D eigenvalue weighted by atomic mass is 10.1. The van der Waals surface area contributed by atoms with Gasteiger partial charge in [0.2, 0.25) is 5.91 Å². The van der Waals surface area contributed by atoms with Crippen molar-refractivity contribution in [2.24, 2.45) is 0 Å². The van der Waals surface area contributed by atoms with Gasteiger partial charge in [0, 0.05) is 55.3 Å². The number of anilines is 2. The maximum Gasteiger partial charge on any atom is 0.410 e. The Hall–Kier alpha value is -3.55. The molecule has 1 aliphatic rings. The number of benzene rings is 1. The van der Waals surface area contributed by atoms with Gasteiger partial charge in [-0.1, -0.05) is 6.07 Å². The van der Waals surface area contributed by atoms with Crippen LogP contribution in [0.15, 0.2) is 42.9 Å². The summed E-state index contributed by atoms with van der Waals surface area (Å²) < 4.78 is 7.47. The average Bonchev–Trinajstić information content (AvgIpc) is 3.15. The van der Waals surface area contributed by atoms with Crippen LogP contribution in [0.5, 0.6) is 0 Å². The molecular weight excluding hydrogens is 442 g/mol. The minimum atomic E-state index is -0.502. The normalized spacial score (nSPS) is 15.3. The molecule has 35 heavy (non-hydrogen) atoms. The van der Waals surface area contributed by atoms with Gasteiger partial charge in [-0.25, -0.2) is 4.79 Å². The summed E-state index contributed by atoms with van der Waals surface area (Å²) in [6.45, 7) is 14.1. The van der Waals surface area contributed by atoms with Gasteiger partial charge in [-0.05, 0) is 70.9 Å². The zero-order valence-corrected chi connectivity index (χ0v) is 21.5. The van der Waals surface area contributed by atoms with E-state index >= 15 is 0 Å². The number of rotatable bonds is 4. The molecule has 3 heterocycles. The van der Waals surface area contributed by atoms with E-state index in [1.165, 1.54) is 0 Å². The van der Waals surface area contributed by atoms with Crippen molar-refractivity contribution in [3.8, 4) is 0 Å². The SMILES string of the molecule is Cc1ccc(N2CCN(C(=O)OC(C)(C)C)CC2)cc1NC(=O)C(C)n1cc(C)c2ccncc21. The predicted molar refractivity (Wildman–Crippen MR) is 139 cm³/mol. The van der Waals surface area contributed by atoms with Crippen molar-refractivity contribution in [1.29, 1.82) is 0 Å². The highest BCUT2D eigenvalue weighted by atomic mass is 16.6. The summed E-state index contributed by atoms with van der Waals surface area (Å²) in [4.78, 5) is 33.8. The summed E-state index contributed by atoms with van der Waals surface area (Å²) in [7, 11) is 0. The van der Waals surface area contributed by atoms with Crippen LogP contribution in [0.1, 0.15) is 44.9 Å². The summed E-state index contributed by atoms with van der Waals surface area (Å²) in [5.74, 6) is -0.0826. The zero-order valence-electron chi connectivity index (χ0n) is 21.5. The number of amides is 2. The first-order chi connectivity index (χ1) is 16.5. The molecule has 0 bridgehead atoms. The van der Waals surface area contributed by atoms with Crippen molar-refractivity contribution in [2.75, 3.05) is 36.4 Å². The van der Waals surface area contributed by atoms with E-state index in [-0.39, 0.29) is 12.0 Å². The first kappa shape index (κ1) is 24.6. The number of hydrogen-bond acceptors (Lipinski definition) is 5. The third-order valence-corrected chi connectivity index (χ3v) is 6.41. The maximum absolute atomic E-state index is 13.2. The summed E-state index contributed by atoms with van der Waals surface area (Å²) in [5.41, 5.74) is 4.37. The van der Waals surface area contributed by atoms with E-state index in [0.29, 0.717) is 26.2 Å². The molecule has 0 aliphatic carbocycles. The molecular formula is C27H35N5O3. The number of fused-ring (bicyclic) bond motifs is 1. The molecule has 2 aromatic heterocycles. The minimum Gasteiger partial charge on any atom is -0.444 e. The van der Waals surface area contributed by atoms with E-state index in [1.54, 1.807) is 17.3 Å². The average molecular weight is 478 g/mol. The first-order valence-corrected chi connectivity index (χ1v) is 12.1. The molecule has 1 atom stereocenters. The molecule has 4 rings (SSSR count). The second-order valence-electron chi connectivity index (χ2n) is 10.2. The highest BCUT2D eigenvalue weighted by Crippen LogP contribution is 2.27. The van der Waals surface area contributed by atoms with Gasteiger partial charge in [-0.15, -0.1) is 0 Å². The summed E-state index contributed by atoms with van der Waals surface area (Å²) in [6, 6.07) is 7.68. The number of piperazine rings is 1. The van der Waals surface area contributed by atoms with E-state index in [1.807, 2.05) is 70.5 Å². The van der Waals surface area contributed by atoms with Crippen molar-refractivity contribution < 1.29 is 14.3 Å². The van der Waals surface area contributed by atoms with Crippen molar-refractivity contribution in [2.45, 2.75) is 53.2 Å². The highest BCUT2D eigenvalue weighted by molar-refractivity contribution is 5.96. The standard InChI is InChI=1S/C27H35N5O3/c1-18-7-8-21(30-11-13-31(14-12-30)26(34)35-27(4,5)6)15-23(18)29-25(33)20(3)32-17-19(2)22-9-10-28-16-24(22)32/h7-10,15-17,20H,11-14H2,1-6H3,(H,29,33). The fourth-order valence-electron chi connectivity index (χ4n) is 4.37. The molecule has 8 heteroatoms. The number of aryl methyl sites for hydroxylation is 2. The van der Waals surface area contributed by atoms with Crippen molar-refractivity contribution in [3.05, 3.63) is 54.0 Å². The number of hydrogen-bond donors (Lipinski definition) is 1. The Morgan fingerprint density at radius 2 is 1.77 bits per heavy atom. The molecule has 1 N–H and O–H groups in total. The lowest BCUT2D eigenvalue weighted by molar-refractivity contribution is -0.118. The Morgan fingerprint density at radius 3 is 2.46 bits per heavy atom. The number of nitrogens with one attached hydrogen (secondary N) is 1. The van der Waals surface area contributed by atoms with Crippen LogP contribution in [0.4, 0.5) is 16.2 Å². The molecule has 0 spiro atoms. The van der Waals surface area contributed by atoms with Gasteiger partial charge in [0.25, 0.3) is 0 Å². The fraction of sp³-hybridized carbons (Fsp3) is 0.444. The molecule has 0 radical (unpaired) electrons. The first-order valence-electron chi connectivity index (χ1n) is 12.1. The number of ether oxygens (including phenoxy) is 1. The van der Waals surface area contributed by atoms with E-state index in [4.69, 9.17) is 4.74 Å². The van der Waals surface area contributed by atoms with Crippen LogP contribution >= 0.6 is 0 Å². The minimum absolute atomic E-state index is 0.0826. The fourth-order valence-corrected chi connectivity index (χ4v) is 4.37. The van der Waals surface area contributed by atoms with E-state index in [0.717, 1.165) is 33.4 Å². The summed E-state index contributed by atoms with van der Waals surface area (Å²) in [6.07, 6.45) is 5.30. The molecule has 3 aromatic rings. The van der Waals surface area contributed by atoms with Crippen LogP contribution in [0.25, 0.3) is 10.9 Å². The number of pyridine rings is 1. The third-order valence-electron chi connectivity index (χ3n) is 6.41. The van der Waals surface area contributed by atoms with Crippen molar-refractivity contribution >= 4 is 34.3 Å². The Bertz CT molecular complexity index is 1240. The second kappa shape index (κ2) is 9.60. The number of nitrogens with zero attached hydrogens (tertiary/aromatic N) is 4. The van der Waals surface area contributed by atoms with Crippen molar-refractivity contribution in [3.63, 3.8) is 0 Å². The number of aromatic nitrogens is 2. The Kier molecular flexibility index (Phi) is 6.74. The quantitative estimate of drug-likeness (QED) is 0.578. The van der Waals surface area contributed by atoms with Gasteiger partial charge in [0.05, 0.1) is 11.7 Å². The van der Waals surface area contributed by atoms with E-state index < -0.39 is 11.6 Å². The molecule has 8 nitrogen and oxygen atoms in total. The van der Waals surface area contributed by atoms with Gasteiger partial charge >= 0.3 is 6.09 Å². The topological polar surface area (TPSA) is 79.7 Å². The Labute approximate surface area is 206 Å². The third kappa shape index (κ3) is 5.42. The molecule has 1 aromatic carbocycles. The molecule has 0 saturated carbocycles. The second-order valence-corrected chi connectivity index (χ2v) is 10.2. The van der Waals surface area contributed by atoms with Crippen molar-refractivity contribution in [1.82, 2.24) is 14.5 Å². The van der Waals surface area contributed by atoms with Crippen LogP contribution < -0.4 is 10.2 Å². The molecule has 186 valence electrons. The van der Waals surface area contributed by atoms with Crippen LogP contribution in [0, 0.1) is 13.8 Å². The van der Waals surface area contributed by atoms with Crippen LogP contribution in [0.2, 0.25) is 0 Å². The highest BCUT2D eigenvalue weighted by Gasteiger charge is 2.26. The lowest BCUT2D eigenvalue weighted by Crippen LogP contribution is -2.50. The Balaban J connectivity index is 1.44. The molecule has 1 aliphatic heterocycles. The zero-order chi connectivity index (χ0) is 25.3. The van der Waals surface area contributed by atoms with Crippen LogP contribution in [-0.2, 0) is 9.53 Å². The van der Waals surface area contributed by atoms with E-state index in [2.05, 4.69) is 21.3 Å². The number of carbonyl (C=O) groups is 2. The van der Waals surface area contributed by atoms with Crippen LogP contribution in [0.3, 0.4) is 0 Å². The summed E-state index contributed by atoms with van der Waals surface area (Å²) >= 11 is 0. The smallest absolute Gasteiger partial charge is 0.410 e. The molecule has 1 saturated heterocycles. The van der Waals surface area contributed by atoms with Gasteiger partial charge in [-0.2, -0.15) is 0 Å². The molecule has 2 amide bonds.